The van der Waals surface area contributed by atoms with Crippen LogP contribution in [0.1, 0.15) is 24.0 Å². The lowest BCUT2D eigenvalue weighted by atomic mass is 9.99. The van der Waals surface area contributed by atoms with Crippen LogP contribution in [0.3, 0.4) is 0 Å². The van der Waals surface area contributed by atoms with Crippen molar-refractivity contribution in [3.05, 3.63) is 94.5 Å². The van der Waals surface area contributed by atoms with Gasteiger partial charge in [-0.2, -0.15) is 10.4 Å². The smallest absolute Gasteiger partial charge is 0.267 e. The molecule has 0 radical (unpaired) electrons. The molecule has 0 N–H and O–H groups in total. The van der Waals surface area contributed by atoms with Crippen molar-refractivity contribution in [1.29, 1.82) is 5.26 Å². The molecule has 1 saturated heterocycles. The Hall–Kier alpha value is -3.62. The summed E-state index contributed by atoms with van der Waals surface area (Å²) in [6, 6.07) is 20.3. The van der Waals surface area contributed by atoms with E-state index in [-0.39, 0.29) is 5.56 Å². The second-order valence-corrected chi connectivity index (χ2v) is 10.4. The highest BCUT2D eigenvalue weighted by Crippen LogP contribution is 2.22. The summed E-state index contributed by atoms with van der Waals surface area (Å²) in [6.07, 6.45) is 5.71. The third-order valence-electron chi connectivity index (χ3n) is 6.35. The van der Waals surface area contributed by atoms with Gasteiger partial charge in [0, 0.05) is 53.1 Å². The van der Waals surface area contributed by atoms with E-state index in [0.29, 0.717) is 41.9 Å². The summed E-state index contributed by atoms with van der Waals surface area (Å²) in [5, 5.41) is 13.7. The Morgan fingerprint density at radius 2 is 1.76 bits per heavy atom. The topological polar surface area (TPSA) is 96.9 Å². The van der Waals surface area contributed by atoms with Gasteiger partial charge in [-0.1, -0.05) is 30.3 Å². The first-order valence-corrected chi connectivity index (χ1v) is 13.1. The van der Waals surface area contributed by atoms with Crippen LogP contribution in [0.2, 0.25) is 0 Å². The van der Waals surface area contributed by atoms with Gasteiger partial charge in [0.1, 0.15) is 0 Å². The number of nitriles is 1. The molecule has 4 aromatic rings. The molecule has 1 aliphatic heterocycles. The molecule has 5 rings (SSSR count). The average Bonchev–Trinajstić information content (AvgIpc) is 2.94. The molecule has 0 saturated carbocycles. The molecule has 37 heavy (non-hydrogen) atoms. The predicted octanol–water partition coefficient (Wildman–Crippen LogP) is 4.73. The largest absolute Gasteiger partial charge is 0.490 e. The molecule has 0 bridgehead atoms. The van der Waals surface area contributed by atoms with Crippen LogP contribution in [0.5, 0.6) is 5.75 Å². The second kappa shape index (κ2) is 11.6. The lowest BCUT2D eigenvalue weighted by molar-refractivity contribution is 0.195. The maximum Gasteiger partial charge on any atom is 0.267 e. The first-order valence-electron chi connectivity index (χ1n) is 12.1. The number of aromatic nitrogens is 4. The third kappa shape index (κ3) is 6.39. The van der Waals surface area contributed by atoms with Crippen molar-refractivity contribution in [2.75, 3.05) is 19.7 Å². The number of ether oxygens (including phenoxy) is 1. The van der Waals surface area contributed by atoms with Crippen LogP contribution in [-0.4, -0.2) is 42.6 Å². The first-order chi connectivity index (χ1) is 18.1. The normalized spacial score (nSPS) is 14.3. The Morgan fingerprint density at radius 3 is 2.54 bits per heavy atom. The molecule has 0 unspecified atom stereocenters. The molecule has 8 nitrogen and oxygen atoms in total. The number of hydrogen-bond acceptors (Lipinski definition) is 7. The Kier molecular flexibility index (Phi) is 7.87. The fourth-order valence-corrected chi connectivity index (χ4v) is 4.82. The zero-order valence-electron chi connectivity index (χ0n) is 20.1. The summed E-state index contributed by atoms with van der Waals surface area (Å²) in [4.78, 5) is 21.5. The predicted molar refractivity (Wildman–Crippen MR) is 149 cm³/mol. The molecule has 2 aromatic heterocycles. The van der Waals surface area contributed by atoms with Gasteiger partial charge in [-0.05, 0) is 48.6 Å². The quantitative estimate of drug-likeness (QED) is 0.222. The zero-order chi connectivity index (χ0) is 25.6. The Bertz CT molecular complexity index is 1470. The number of rotatable bonds is 7. The fraction of sp³-hybridized carbons (Fsp3) is 0.250. The first kappa shape index (κ1) is 25.0. The van der Waals surface area contributed by atoms with Crippen LogP contribution in [-0.2, 0) is 6.54 Å². The second-order valence-electron chi connectivity index (χ2n) is 9.01. The van der Waals surface area contributed by atoms with E-state index < -0.39 is 0 Å². The zero-order valence-corrected chi connectivity index (χ0v) is 22.3. The molecule has 3 heterocycles. The number of piperidine rings is 1. The van der Waals surface area contributed by atoms with Gasteiger partial charge in [-0.25, -0.2) is 17.8 Å². The van der Waals surface area contributed by atoms with Crippen LogP contribution in [0.15, 0.2) is 77.9 Å². The van der Waals surface area contributed by atoms with Crippen LogP contribution >= 0.6 is 22.9 Å². The Labute approximate surface area is 229 Å². The molecule has 9 heteroatoms. The van der Waals surface area contributed by atoms with Gasteiger partial charge in [0.05, 0.1) is 42.9 Å². The number of hydrogen-bond donors (Lipinski definition) is 0. The summed E-state index contributed by atoms with van der Waals surface area (Å²) in [5.41, 5.74) is 3.51. The summed E-state index contributed by atoms with van der Waals surface area (Å²) in [6.45, 7) is 3.18. The highest BCUT2D eigenvalue weighted by molar-refractivity contribution is 14.1. The van der Waals surface area contributed by atoms with Gasteiger partial charge < -0.3 is 4.74 Å². The highest BCUT2D eigenvalue weighted by Gasteiger charge is 2.18. The maximum absolute atomic E-state index is 12.5. The van der Waals surface area contributed by atoms with Gasteiger partial charge in [-0.3, -0.25) is 4.79 Å². The van der Waals surface area contributed by atoms with E-state index in [1.165, 1.54) is 10.7 Å². The van der Waals surface area contributed by atoms with E-state index in [1.54, 1.807) is 36.7 Å². The van der Waals surface area contributed by atoms with Gasteiger partial charge in [0.15, 0.2) is 11.6 Å². The van der Waals surface area contributed by atoms with Crippen LogP contribution in [0, 0.1) is 17.2 Å². The van der Waals surface area contributed by atoms with Crippen LogP contribution < -0.4 is 10.3 Å². The molecular formula is C28H25IN6O2. The highest BCUT2D eigenvalue weighted by atomic mass is 127. The van der Waals surface area contributed by atoms with Crippen molar-refractivity contribution in [1.82, 2.24) is 22.9 Å². The summed E-state index contributed by atoms with van der Waals surface area (Å²) < 4.78 is 9.68. The lowest BCUT2D eigenvalue weighted by Crippen LogP contribution is -2.29. The molecule has 186 valence electrons. The van der Waals surface area contributed by atoms with Crippen LogP contribution in [0.25, 0.3) is 22.6 Å². The summed E-state index contributed by atoms with van der Waals surface area (Å²) >= 11 is 2.37. The van der Waals surface area contributed by atoms with E-state index >= 15 is 0 Å². The molecule has 0 atom stereocenters. The van der Waals surface area contributed by atoms with E-state index in [1.807, 2.05) is 30.3 Å². The van der Waals surface area contributed by atoms with Crippen molar-refractivity contribution in [2.45, 2.75) is 19.4 Å². The minimum Gasteiger partial charge on any atom is -0.490 e. The molecule has 0 amide bonds. The molecule has 0 spiro atoms. The van der Waals surface area contributed by atoms with Crippen molar-refractivity contribution in [2.24, 2.45) is 5.92 Å². The lowest BCUT2D eigenvalue weighted by Gasteiger charge is -2.27. The van der Waals surface area contributed by atoms with Crippen molar-refractivity contribution >= 4 is 22.9 Å². The Morgan fingerprint density at radius 1 is 1.00 bits per heavy atom. The van der Waals surface area contributed by atoms with Crippen molar-refractivity contribution in [3.8, 4) is 34.5 Å². The van der Waals surface area contributed by atoms with Crippen molar-refractivity contribution < 1.29 is 4.74 Å². The molecule has 2 aromatic carbocycles. The van der Waals surface area contributed by atoms with Gasteiger partial charge in [-0.15, -0.1) is 0 Å². The summed E-state index contributed by atoms with van der Waals surface area (Å²) in [7, 11) is 0. The van der Waals surface area contributed by atoms with Crippen LogP contribution in [0.4, 0.5) is 0 Å². The monoisotopic (exact) mass is 604 g/mol. The fourth-order valence-electron chi connectivity index (χ4n) is 4.27. The number of nitrogens with zero attached hydrogens (tertiary/aromatic N) is 6. The van der Waals surface area contributed by atoms with Gasteiger partial charge in [0.2, 0.25) is 0 Å². The van der Waals surface area contributed by atoms with Gasteiger partial charge >= 0.3 is 0 Å². The summed E-state index contributed by atoms with van der Waals surface area (Å²) in [5.74, 6) is 1.83. The van der Waals surface area contributed by atoms with E-state index in [0.717, 1.165) is 42.6 Å². The van der Waals surface area contributed by atoms with E-state index in [2.05, 4.69) is 47.1 Å². The molecule has 0 aliphatic carbocycles. The third-order valence-corrected chi connectivity index (χ3v) is 7.31. The van der Waals surface area contributed by atoms with Gasteiger partial charge in [0.25, 0.3) is 5.56 Å². The minimum atomic E-state index is -0.201. The van der Waals surface area contributed by atoms with E-state index in [9.17, 15) is 10.1 Å². The minimum absolute atomic E-state index is 0.201. The molecule has 1 aliphatic rings. The maximum atomic E-state index is 12.5. The Balaban J connectivity index is 1.28. The van der Waals surface area contributed by atoms with Crippen molar-refractivity contribution in [3.63, 3.8) is 0 Å². The molecular weight excluding hydrogens is 579 g/mol. The number of benzene rings is 2. The van der Waals surface area contributed by atoms with E-state index in [4.69, 9.17) is 4.74 Å². The molecule has 1 fully saturated rings. The standard InChI is InChI=1S/C28H25IN6O2/c29-34-11-9-20(10-12-34)19-37-25-16-31-28(32-17-25)24-6-2-4-22(14-24)18-35-27(36)8-7-26(33-35)23-5-1-3-21(13-23)15-30/h1-8,13-14,16-17,20H,9-12,18-19H2. The number of halogens is 1. The average molecular weight is 604 g/mol. The SMILES string of the molecule is N#Cc1cccc(-c2ccc(=O)n(Cc3cccc(-c4ncc(OCC5CCN(I)CC5)cn4)c3)n2)c1.